The molecule has 4 amide bonds. The number of β-amino-alcohol motifs (C(OH)–C–C–N with tert-alkyl or cyclic N) is 1. The zero-order chi connectivity index (χ0) is 29.1. The second kappa shape index (κ2) is 9.45. The van der Waals surface area contributed by atoms with E-state index in [0.717, 1.165) is 28.8 Å². The first-order valence-corrected chi connectivity index (χ1v) is 11.9. The fourth-order valence-corrected chi connectivity index (χ4v) is 4.97. The Morgan fingerprint density at radius 1 is 1.18 bits per heavy atom. The van der Waals surface area contributed by atoms with Crippen molar-refractivity contribution in [2.75, 3.05) is 23.8 Å². The lowest BCUT2D eigenvalue weighted by atomic mass is 9.95. The summed E-state index contributed by atoms with van der Waals surface area (Å²) in [6, 6.07) is 3.07. The number of halogens is 6. The summed E-state index contributed by atoms with van der Waals surface area (Å²) in [6.45, 7) is -1.75. The molecule has 0 aliphatic carbocycles. The van der Waals surface area contributed by atoms with Crippen molar-refractivity contribution in [3.05, 3.63) is 75.7 Å². The lowest BCUT2D eigenvalue weighted by Gasteiger charge is -2.28. The molecule has 2 aliphatic rings. The molecule has 0 spiro atoms. The van der Waals surface area contributed by atoms with Crippen LogP contribution in [0, 0.1) is 11.6 Å². The Hall–Kier alpha value is -4.24. The van der Waals surface area contributed by atoms with E-state index >= 15 is 0 Å². The van der Waals surface area contributed by atoms with Crippen molar-refractivity contribution >= 4 is 41.0 Å². The molecule has 40 heavy (non-hydrogen) atoms. The van der Waals surface area contributed by atoms with Gasteiger partial charge in [-0.1, -0.05) is 11.6 Å². The number of hydrogen-bond acceptors (Lipinski definition) is 5. The fourth-order valence-electron chi connectivity index (χ4n) is 4.74. The second-order valence-electron chi connectivity index (χ2n) is 9.04. The number of aliphatic hydroxyl groups is 1. The van der Waals surface area contributed by atoms with E-state index in [4.69, 9.17) is 11.6 Å². The zero-order valence-corrected chi connectivity index (χ0v) is 21.0. The highest BCUT2D eigenvalue weighted by molar-refractivity contribution is 6.31. The van der Waals surface area contributed by atoms with Gasteiger partial charge in [0.05, 0.1) is 24.0 Å². The molecule has 0 bridgehead atoms. The molecular formula is C24H18ClF5N6O4. The van der Waals surface area contributed by atoms with Gasteiger partial charge in [0.25, 0.3) is 5.91 Å². The van der Waals surface area contributed by atoms with Crippen molar-refractivity contribution in [3.8, 4) is 0 Å². The highest BCUT2D eigenvalue weighted by Crippen LogP contribution is 2.49. The summed E-state index contributed by atoms with van der Waals surface area (Å²) in [5.74, 6) is -3.85. The van der Waals surface area contributed by atoms with Gasteiger partial charge in [-0.05, 0) is 36.4 Å². The Labute approximate surface area is 226 Å². The lowest BCUT2D eigenvalue weighted by molar-refractivity contribution is -0.258. The molecule has 0 unspecified atom stereocenters. The molecule has 2 aliphatic heterocycles. The number of amides is 4. The van der Waals surface area contributed by atoms with Crippen molar-refractivity contribution in [1.29, 1.82) is 0 Å². The van der Waals surface area contributed by atoms with E-state index in [1.165, 1.54) is 13.1 Å². The largest absolute Gasteiger partial charge is 0.423 e. The minimum atomic E-state index is -5.27. The number of fused-ring (bicyclic) bond motifs is 2. The SMILES string of the molecule is CNC(=O)c1nc(NC(=O)N2C[C@](O)(C(F)(F)F)c3cc(F)ccc32)c2n1CC(=O)N[C@@H]2c1cc(F)ccc1Cl. The molecule has 4 N–H and O–H groups in total. The molecule has 0 saturated heterocycles. The third kappa shape index (κ3) is 4.30. The molecule has 1 aromatic heterocycles. The molecule has 5 rings (SSSR count). The standard InChI is InChI=1S/C24H18ClF5N6O4/c1-31-21(38)20-33-19(18-17(32-16(37)8-35(18)20)12-6-10(26)2-4-14(12)25)34-22(39)36-9-23(40,24(28,29)30)13-7-11(27)3-5-15(13)36/h2-7,17,40H,8-9H2,1H3,(H,31,38)(H,32,37)(H,34,39)/t17-,23-/m1/s1. The number of anilines is 2. The Balaban J connectivity index is 1.61. The normalized spacial score (nSPS) is 20.1. The van der Waals surface area contributed by atoms with Gasteiger partial charge in [-0.2, -0.15) is 13.2 Å². The Bertz CT molecular complexity index is 1580. The molecule has 3 aromatic rings. The van der Waals surface area contributed by atoms with Gasteiger partial charge in [0.15, 0.2) is 5.82 Å². The van der Waals surface area contributed by atoms with Crippen LogP contribution in [-0.2, 0) is 16.9 Å². The van der Waals surface area contributed by atoms with E-state index < -0.39 is 71.6 Å². The molecule has 2 atom stereocenters. The van der Waals surface area contributed by atoms with Crippen molar-refractivity contribution in [2.24, 2.45) is 0 Å². The third-order valence-electron chi connectivity index (χ3n) is 6.61. The summed E-state index contributed by atoms with van der Waals surface area (Å²) >= 11 is 6.26. The number of carbonyl (C=O) groups is 3. The van der Waals surface area contributed by atoms with Crippen LogP contribution in [0.1, 0.15) is 33.5 Å². The number of aromatic nitrogens is 2. The highest BCUT2D eigenvalue weighted by Gasteiger charge is 2.61. The summed E-state index contributed by atoms with van der Waals surface area (Å²) in [6.07, 6.45) is -5.27. The van der Waals surface area contributed by atoms with Gasteiger partial charge in [0.1, 0.15) is 18.2 Å². The van der Waals surface area contributed by atoms with Crippen molar-refractivity contribution in [3.63, 3.8) is 0 Å². The Kier molecular flexibility index (Phi) is 6.45. The van der Waals surface area contributed by atoms with E-state index in [9.17, 15) is 41.4 Å². The van der Waals surface area contributed by atoms with E-state index in [-0.39, 0.29) is 27.9 Å². The summed E-state index contributed by atoms with van der Waals surface area (Å²) in [5, 5.41) is 17.7. The summed E-state index contributed by atoms with van der Waals surface area (Å²) in [7, 11) is 1.28. The van der Waals surface area contributed by atoms with Gasteiger partial charge in [-0.15, -0.1) is 0 Å². The van der Waals surface area contributed by atoms with Gasteiger partial charge in [0, 0.05) is 23.2 Å². The first kappa shape index (κ1) is 27.3. The fraction of sp³-hybridized carbons (Fsp3) is 0.250. The van der Waals surface area contributed by atoms with E-state index in [2.05, 4.69) is 20.9 Å². The minimum absolute atomic E-state index is 0.0193. The molecule has 10 nitrogen and oxygen atoms in total. The molecule has 210 valence electrons. The number of benzene rings is 2. The first-order valence-electron chi connectivity index (χ1n) is 11.5. The quantitative estimate of drug-likeness (QED) is 0.352. The predicted octanol–water partition coefficient (Wildman–Crippen LogP) is 3.20. The van der Waals surface area contributed by atoms with Crippen LogP contribution in [0.3, 0.4) is 0 Å². The lowest BCUT2D eigenvalue weighted by Crippen LogP contribution is -2.48. The molecule has 3 heterocycles. The maximum Gasteiger partial charge on any atom is 0.423 e. The number of rotatable bonds is 3. The van der Waals surface area contributed by atoms with Crippen LogP contribution in [0.4, 0.5) is 38.3 Å². The summed E-state index contributed by atoms with van der Waals surface area (Å²) < 4.78 is 70.7. The number of carbonyl (C=O) groups excluding carboxylic acids is 3. The maximum absolute atomic E-state index is 14.1. The van der Waals surface area contributed by atoms with E-state index in [0.29, 0.717) is 11.0 Å². The van der Waals surface area contributed by atoms with Gasteiger partial charge in [-0.3, -0.25) is 19.8 Å². The van der Waals surface area contributed by atoms with Crippen molar-refractivity contribution in [2.45, 2.75) is 24.4 Å². The van der Waals surface area contributed by atoms with Crippen LogP contribution in [0.15, 0.2) is 36.4 Å². The first-order chi connectivity index (χ1) is 18.7. The van der Waals surface area contributed by atoms with E-state index in [1.54, 1.807) is 0 Å². The van der Waals surface area contributed by atoms with Gasteiger partial charge < -0.3 is 20.3 Å². The van der Waals surface area contributed by atoms with Crippen LogP contribution in [0.25, 0.3) is 0 Å². The maximum atomic E-state index is 14.1. The average Bonchev–Trinajstić information content (AvgIpc) is 3.40. The number of urea groups is 1. The van der Waals surface area contributed by atoms with Gasteiger partial charge >= 0.3 is 12.2 Å². The highest BCUT2D eigenvalue weighted by atomic mass is 35.5. The molecule has 2 aromatic carbocycles. The van der Waals surface area contributed by atoms with Crippen molar-refractivity contribution < 1.29 is 41.4 Å². The van der Waals surface area contributed by atoms with E-state index in [1.807, 2.05) is 0 Å². The zero-order valence-electron chi connectivity index (χ0n) is 20.2. The average molecular weight is 585 g/mol. The number of hydrogen-bond donors (Lipinski definition) is 4. The minimum Gasteiger partial charge on any atom is -0.375 e. The molecule has 0 radical (unpaired) electrons. The van der Waals surface area contributed by atoms with Crippen LogP contribution in [-0.4, -0.2) is 52.3 Å². The molecular weight excluding hydrogens is 567 g/mol. The number of imidazole rings is 1. The van der Waals surface area contributed by atoms with Crippen LogP contribution < -0.4 is 20.9 Å². The molecule has 0 fully saturated rings. The smallest absolute Gasteiger partial charge is 0.375 e. The predicted molar refractivity (Wildman–Crippen MR) is 130 cm³/mol. The van der Waals surface area contributed by atoms with Crippen LogP contribution >= 0.6 is 11.6 Å². The third-order valence-corrected chi connectivity index (χ3v) is 6.95. The molecule has 0 saturated carbocycles. The Morgan fingerprint density at radius 2 is 1.85 bits per heavy atom. The number of alkyl halides is 3. The Morgan fingerprint density at radius 3 is 2.52 bits per heavy atom. The van der Waals surface area contributed by atoms with Crippen molar-refractivity contribution in [1.82, 2.24) is 20.2 Å². The summed E-state index contributed by atoms with van der Waals surface area (Å²) in [4.78, 5) is 43.1. The molecule has 16 heteroatoms. The number of nitrogens with zero attached hydrogens (tertiary/aromatic N) is 3. The van der Waals surface area contributed by atoms with Gasteiger partial charge in [-0.25, -0.2) is 18.6 Å². The second-order valence-corrected chi connectivity index (χ2v) is 9.44. The number of nitrogens with one attached hydrogen (secondary N) is 3. The topological polar surface area (TPSA) is 129 Å². The summed E-state index contributed by atoms with van der Waals surface area (Å²) in [5.41, 5.74) is -4.85. The monoisotopic (exact) mass is 584 g/mol. The van der Waals surface area contributed by atoms with Gasteiger partial charge in [0.2, 0.25) is 17.3 Å². The van der Waals surface area contributed by atoms with Crippen LogP contribution in [0.5, 0.6) is 0 Å². The van der Waals surface area contributed by atoms with Crippen LogP contribution in [0.2, 0.25) is 5.02 Å².